The second-order valence-corrected chi connectivity index (χ2v) is 4.62. The first-order chi connectivity index (χ1) is 10.1. The van der Waals surface area contributed by atoms with E-state index in [4.69, 9.17) is 5.73 Å². The quantitative estimate of drug-likeness (QED) is 0.878. The molecule has 0 unspecified atom stereocenters. The Bertz CT molecular complexity index is 626. The van der Waals surface area contributed by atoms with Crippen molar-refractivity contribution < 1.29 is 14.0 Å². The molecular formula is C16H15FN2O2. The molecule has 4 nitrogen and oxygen atoms in total. The minimum absolute atomic E-state index is 0.0525. The van der Waals surface area contributed by atoms with Gasteiger partial charge in [0.05, 0.1) is 6.42 Å². The minimum Gasteiger partial charge on any atom is -0.368 e. The number of hydrogen-bond donors (Lipinski definition) is 2. The molecule has 0 saturated heterocycles. The third kappa shape index (κ3) is 4.14. The fraction of sp³-hybridized carbons (Fsp3) is 0.125. The lowest BCUT2D eigenvalue weighted by Crippen LogP contribution is -2.38. The normalized spacial score (nSPS) is 11.7. The number of primary amides is 1. The van der Waals surface area contributed by atoms with E-state index in [1.54, 1.807) is 24.3 Å². The van der Waals surface area contributed by atoms with Crippen molar-refractivity contribution in [2.24, 2.45) is 5.73 Å². The summed E-state index contributed by atoms with van der Waals surface area (Å²) in [5, 5.41) is 2.59. The summed E-state index contributed by atoms with van der Waals surface area (Å²) >= 11 is 0. The van der Waals surface area contributed by atoms with E-state index in [0.717, 1.165) is 0 Å². The summed E-state index contributed by atoms with van der Waals surface area (Å²) in [6.07, 6.45) is 0.0525. The Hall–Kier alpha value is -2.69. The monoisotopic (exact) mass is 286 g/mol. The van der Waals surface area contributed by atoms with Gasteiger partial charge in [-0.1, -0.05) is 42.5 Å². The van der Waals surface area contributed by atoms with Gasteiger partial charge >= 0.3 is 0 Å². The number of amides is 2. The van der Waals surface area contributed by atoms with Crippen LogP contribution in [0.3, 0.4) is 0 Å². The SMILES string of the molecule is NC(=O)[C@H](NC(=O)Cc1ccc(F)cc1)c1ccccc1. The molecular weight excluding hydrogens is 271 g/mol. The van der Waals surface area contributed by atoms with Gasteiger partial charge in [-0.3, -0.25) is 9.59 Å². The van der Waals surface area contributed by atoms with Crippen LogP contribution in [0.25, 0.3) is 0 Å². The van der Waals surface area contributed by atoms with Gasteiger partial charge in [0.15, 0.2) is 0 Å². The van der Waals surface area contributed by atoms with E-state index in [9.17, 15) is 14.0 Å². The number of nitrogens with two attached hydrogens (primary N) is 1. The molecule has 2 amide bonds. The van der Waals surface area contributed by atoms with Crippen LogP contribution in [0.4, 0.5) is 4.39 Å². The highest BCUT2D eigenvalue weighted by atomic mass is 19.1. The van der Waals surface area contributed by atoms with Gasteiger partial charge < -0.3 is 11.1 Å². The van der Waals surface area contributed by atoms with Crippen LogP contribution in [0, 0.1) is 5.82 Å². The zero-order chi connectivity index (χ0) is 15.2. The maximum Gasteiger partial charge on any atom is 0.244 e. The molecule has 5 heteroatoms. The molecule has 0 radical (unpaired) electrons. The van der Waals surface area contributed by atoms with E-state index in [-0.39, 0.29) is 18.1 Å². The maximum atomic E-state index is 12.8. The molecule has 0 aromatic heterocycles. The van der Waals surface area contributed by atoms with E-state index >= 15 is 0 Å². The van der Waals surface area contributed by atoms with Gasteiger partial charge in [-0.05, 0) is 23.3 Å². The van der Waals surface area contributed by atoms with Gasteiger partial charge in [0.2, 0.25) is 11.8 Å². The molecule has 0 aliphatic carbocycles. The summed E-state index contributed by atoms with van der Waals surface area (Å²) in [7, 11) is 0. The Balaban J connectivity index is 2.05. The van der Waals surface area contributed by atoms with E-state index in [0.29, 0.717) is 11.1 Å². The predicted molar refractivity (Wildman–Crippen MR) is 76.6 cm³/mol. The molecule has 0 aliphatic rings. The van der Waals surface area contributed by atoms with Crippen LogP contribution in [-0.2, 0) is 16.0 Å². The van der Waals surface area contributed by atoms with Crippen LogP contribution in [-0.4, -0.2) is 11.8 Å². The fourth-order valence-corrected chi connectivity index (χ4v) is 1.96. The van der Waals surface area contributed by atoms with E-state index in [2.05, 4.69) is 5.32 Å². The van der Waals surface area contributed by atoms with Gasteiger partial charge in [-0.2, -0.15) is 0 Å². The van der Waals surface area contributed by atoms with Crippen LogP contribution in [0.1, 0.15) is 17.2 Å². The lowest BCUT2D eigenvalue weighted by Gasteiger charge is -2.15. The third-order valence-electron chi connectivity index (χ3n) is 3.00. The summed E-state index contributed by atoms with van der Waals surface area (Å²) < 4.78 is 12.8. The topological polar surface area (TPSA) is 72.2 Å². The summed E-state index contributed by atoms with van der Waals surface area (Å²) in [6.45, 7) is 0. The number of halogens is 1. The van der Waals surface area contributed by atoms with Gasteiger partial charge in [0.25, 0.3) is 0 Å². The third-order valence-corrected chi connectivity index (χ3v) is 3.00. The molecule has 21 heavy (non-hydrogen) atoms. The maximum absolute atomic E-state index is 12.8. The second kappa shape index (κ2) is 6.65. The molecule has 3 N–H and O–H groups in total. The van der Waals surface area contributed by atoms with Crippen molar-refractivity contribution in [2.45, 2.75) is 12.5 Å². The molecule has 108 valence electrons. The van der Waals surface area contributed by atoms with Crippen molar-refractivity contribution in [1.82, 2.24) is 5.32 Å². The first-order valence-electron chi connectivity index (χ1n) is 6.44. The number of hydrogen-bond acceptors (Lipinski definition) is 2. The van der Waals surface area contributed by atoms with Crippen molar-refractivity contribution in [1.29, 1.82) is 0 Å². The lowest BCUT2D eigenvalue weighted by molar-refractivity contribution is -0.127. The number of benzene rings is 2. The van der Waals surface area contributed by atoms with Gasteiger partial charge in [0.1, 0.15) is 11.9 Å². The number of rotatable bonds is 5. The molecule has 2 aromatic rings. The number of carbonyl (C=O) groups excluding carboxylic acids is 2. The molecule has 0 fully saturated rings. The Morgan fingerprint density at radius 3 is 2.24 bits per heavy atom. The summed E-state index contributed by atoms with van der Waals surface area (Å²) in [4.78, 5) is 23.5. The molecule has 0 bridgehead atoms. The molecule has 0 saturated carbocycles. The molecule has 2 aromatic carbocycles. The molecule has 0 heterocycles. The van der Waals surface area contributed by atoms with Gasteiger partial charge in [0, 0.05) is 0 Å². The van der Waals surface area contributed by atoms with Crippen molar-refractivity contribution in [2.75, 3.05) is 0 Å². The van der Waals surface area contributed by atoms with E-state index < -0.39 is 11.9 Å². The van der Waals surface area contributed by atoms with Crippen LogP contribution >= 0.6 is 0 Å². The van der Waals surface area contributed by atoms with Crippen LogP contribution < -0.4 is 11.1 Å². The van der Waals surface area contributed by atoms with E-state index in [1.807, 2.05) is 6.07 Å². The number of carbonyl (C=O) groups is 2. The highest BCUT2D eigenvalue weighted by molar-refractivity contribution is 5.88. The van der Waals surface area contributed by atoms with Crippen molar-refractivity contribution in [3.63, 3.8) is 0 Å². The average molecular weight is 286 g/mol. The average Bonchev–Trinajstić information content (AvgIpc) is 2.48. The fourth-order valence-electron chi connectivity index (χ4n) is 1.96. The Morgan fingerprint density at radius 1 is 1.05 bits per heavy atom. The molecule has 0 aliphatic heterocycles. The first kappa shape index (κ1) is 14.7. The van der Waals surface area contributed by atoms with Crippen molar-refractivity contribution in [3.05, 3.63) is 71.5 Å². The highest BCUT2D eigenvalue weighted by Gasteiger charge is 2.19. The van der Waals surface area contributed by atoms with Crippen molar-refractivity contribution in [3.8, 4) is 0 Å². The number of nitrogens with one attached hydrogen (secondary N) is 1. The van der Waals surface area contributed by atoms with E-state index in [1.165, 1.54) is 24.3 Å². The second-order valence-electron chi connectivity index (χ2n) is 4.62. The zero-order valence-corrected chi connectivity index (χ0v) is 11.3. The largest absolute Gasteiger partial charge is 0.368 e. The zero-order valence-electron chi connectivity index (χ0n) is 11.3. The Morgan fingerprint density at radius 2 is 1.67 bits per heavy atom. The standard InChI is InChI=1S/C16H15FN2O2/c17-13-8-6-11(7-9-13)10-14(20)19-15(16(18)21)12-4-2-1-3-5-12/h1-9,15H,10H2,(H2,18,21)(H,19,20)/t15-/m1/s1. The van der Waals surface area contributed by atoms with Crippen LogP contribution in [0.5, 0.6) is 0 Å². The van der Waals surface area contributed by atoms with Crippen LogP contribution in [0.15, 0.2) is 54.6 Å². The summed E-state index contributed by atoms with van der Waals surface area (Å²) in [5.74, 6) is -1.35. The van der Waals surface area contributed by atoms with Crippen LogP contribution in [0.2, 0.25) is 0 Å². The van der Waals surface area contributed by atoms with Gasteiger partial charge in [-0.15, -0.1) is 0 Å². The first-order valence-corrected chi connectivity index (χ1v) is 6.44. The van der Waals surface area contributed by atoms with Gasteiger partial charge in [-0.25, -0.2) is 4.39 Å². The highest BCUT2D eigenvalue weighted by Crippen LogP contribution is 2.12. The molecule has 2 rings (SSSR count). The molecule has 0 spiro atoms. The predicted octanol–water partition coefficient (Wildman–Crippen LogP) is 1.71. The lowest BCUT2D eigenvalue weighted by atomic mass is 10.1. The molecule has 1 atom stereocenters. The van der Waals surface area contributed by atoms with Crippen molar-refractivity contribution >= 4 is 11.8 Å². The Labute approximate surface area is 121 Å². The summed E-state index contributed by atoms with van der Waals surface area (Å²) in [6, 6.07) is 13.5. The Kier molecular flexibility index (Phi) is 4.66. The smallest absolute Gasteiger partial charge is 0.244 e. The summed E-state index contributed by atoms with van der Waals surface area (Å²) in [5.41, 5.74) is 6.61. The minimum atomic E-state index is -0.876.